The molecular formula is C20H18N4OS2. The van der Waals surface area contributed by atoms with Crippen LogP contribution in [0, 0.1) is 0 Å². The molecule has 0 unspecified atom stereocenters. The number of imidazole rings is 1. The maximum absolute atomic E-state index is 5.28. The van der Waals surface area contributed by atoms with E-state index >= 15 is 0 Å². The molecular weight excluding hydrogens is 376 g/mol. The smallest absolute Gasteiger partial charge is 0.174 e. The third-order valence-corrected chi connectivity index (χ3v) is 6.43. The average molecular weight is 395 g/mol. The first-order valence-corrected chi connectivity index (χ1v) is 10.6. The van der Waals surface area contributed by atoms with Gasteiger partial charge in [0.05, 0.1) is 5.39 Å². The minimum absolute atomic E-state index is 0.402. The summed E-state index contributed by atoms with van der Waals surface area (Å²) in [6.07, 6.45) is 6.40. The summed E-state index contributed by atoms with van der Waals surface area (Å²) in [7, 11) is 1.67. The van der Waals surface area contributed by atoms with Gasteiger partial charge in [-0.15, -0.1) is 11.3 Å². The Morgan fingerprint density at radius 2 is 2.07 bits per heavy atom. The summed E-state index contributed by atoms with van der Waals surface area (Å²) in [5.41, 5.74) is 2.35. The van der Waals surface area contributed by atoms with Crippen LogP contribution in [0.15, 0.2) is 58.3 Å². The van der Waals surface area contributed by atoms with Crippen LogP contribution in [0.5, 0.6) is 0 Å². The van der Waals surface area contributed by atoms with Gasteiger partial charge in [0.15, 0.2) is 11.0 Å². The second-order valence-electron chi connectivity index (χ2n) is 6.52. The lowest BCUT2D eigenvalue weighted by atomic mass is 10.1. The van der Waals surface area contributed by atoms with Gasteiger partial charge < -0.3 is 9.30 Å². The van der Waals surface area contributed by atoms with Crippen molar-refractivity contribution in [1.29, 1.82) is 0 Å². The quantitative estimate of drug-likeness (QED) is 0.421. The van der Waals surface area contributed by atoms with Gasteiger partial charge in [0.2, 0.25) is 0 Å². The van der Waals surface area contributed by atoms with E-state index in [2.05, 4.69) is 45.4 Å². The Kier molecular flexibility index (Phi) is 4.43. The molecule has 1 aliphatic rings. The predicted octanol–water partition coefficient (Wildman–Crippen LogP) is 5.19. The lowest BCUT2D eigenvalue weighted by molar-refractivity contribution is 0.177. The number of benzene rings is 1. The fourth-order valence-corrected chi connectivity index (χ4v) is 5.24. The van der Waals surface area contributed by atoms with Crippen LogP contribution in [0.4, 0.5) is 0 Å². The van der Waals surface area contributed by atoms with Crippen molar-refractivity contribution >= 4 is 33.3 Å². The van der Waals surface area contributed by atoms with Crippen molar-refractivity contribution in [3.8, 4) is 11.1 Å². The van der Waals surface area contributed by atoms with Crippen molar-refractivity contribution in [1.82, 2.24) is 19.5 Å². The van der Waals surface area contributed by atoms with E-state index in [0.29, 0.717) is 18.5 Å². The van der Waals surface area contributed by atoms with Crippen LogP contribution >= 0.6 is 23.1 Å². The van der Waals surface area contributed by atoms with Gasteiger partial charge in [0.25, 0.3) is 0 Å². The number of hydrogen-bond acceptors (Lipinski definition) is 6. The number of hydrogen-bond donors (Lipinski definition) is 0. The first kappa shape index (κ1) is 16.9. The van der Waals surface area contributed by atoms with Crippen molar-refractivity contribution < 1.29 is 4.74 Å². The molecule has 0 amide bonds. The van der Waals surface area contributed by atoms with Gasteiger partial charge in [-0.25, -0.2) is 15.0 Å². The second-order valence-corrected chi connectivity index (χ2v) is 8.34. The van der Waals surface area contributed by atoms with Crippen molar-refractivity contribution in [2.24, 2.45) is 0 Å². The molecule has 0 aliphatic heterocycles. The standard InChI is InChI=1S/C20H18N4OS2/c1-25-11-16-22-18-17(15(12-26-18)13-5-3-2-4-6-13)19(23-16)27-20-21-9-10-24(20)14-7-8-14/h2-6,9-10,12,14H,7-8,11H2,1H3. The summed E-state index contributed by atoms with van der Waals surface area (Å²) in [5.74, 6) is 0.707. The molecule has 1 aromatic carbocycles. The number of thiophene rings is 1. The normalized spacial score (nSPS) is 14.1. The summed E-state index contributed by atoms with van der Waals surface area (Å²) < 4.78 is 7.55. The van der Waals surface area contributed by atoms with E-state index in [1.807, 2.05) is 12.3 Å². The Labute approximate surface area is 165 Å². The minimum Gasteiger partial charge on any atom is -0.377 e. The molecule has 0 atom stereocenters. The van der Waals surface area contributed by atoms with Crippen molar-refractivity contribution in [3.63, 3.8) is 0 Å². The minimum atomic E-state index is 0.402. The van der Waals surface area contributed by atoms with E-state index in [1.54, 1.807) is 30.2 Å². The fraction of sp³-hybridized carbons (Fsp3) is 0.250. The lowest BCUT2D eigenvalue weighted by Gasteiger charge is -2.09. The molecule has 1 saturated carbocycles. The summed E-state index contributed by atoms with van der Waals surface area (Å²) in [4.78, 5) is 15.1. The molecule has 7 heteroatoms. The highest BCUT2D eigenvalue weighted by Crippen LogP contribution is 2.43. The molecule has 3 aromatic heterocycles. The molecule has 3 heterocycles. The van der Waals surface area contributed by atoms with Crippen LogP contribution in [0.25, 0.3) is 21.3 Å². The highest BCUT2D eigenvalue weighted by atomic mass is 32.2. The number of rotatable bonds is 6. The average Bonchev–Trinajstić information content (AvgIpc) is 3.27. The molecule has 5 nitrogen and oxygen atoms in total. The van der Waals surface area contributed by atoms with Crippen LogP contribution in [0.2, 0.25) is 0 Å². The number of ether oxygens (including phenoxy) is 1. The molecule has 27 heavy (non-hydrogen) atoms. The Bertz CT molecular complexity index is 1090. The number of aromatic nitrogens is 4. The van der Waals surface area contributed by atoms with Crippen LogP contribution < -0.4 is 0 Å². The van der Waals surface area contributed by atoms with Crippen LogP contribution in [0.3, 0.4) is 0 Å². The number of methoxy groups -OCH3 is 1. The summed E-state index contributed by atoms with van der Waals surface area (Å²) in [6, 6.07) is 11.0. The first-order chi connectivity index (χ1) is 13.3. The zero-order valence-electron chi connectivity index (χ0n) is 14.8. The van der Waals surface area contributed by atoms with Crippen molar-refractivity contribution in [2.75, 3.05) is 7.11 Å². The fourth-order valence-electron chi connectivity index (χ4n) is 3.15. The molecule has 0 radical (unpaired) electrons. The Balaban J connectivity index is 1.65. The van der Waals surface area contributed by atoms with Gasteiger partial charge in [-0.05, 0) is 30.2 Å². The highest BCUT2D eigenvalue weighted by Gasteiger charge is 2.26. The van der Waals surface area contributed by atoms with Crippen LogP contribution in [0.1, 0.15) is 24.7 Å². The molecule has 0 N–H and O–H groups in total. The number of nitrogens with zero attached hydrogens (tertiary/aromatic N) is 4. The van der Waals surface area contributed by atoms with Gasteiger partial charge in [-0.1, -0.05) is 30.3 Å². The van der Waals surface area contributed by atoms with E-state index in [4.69, 9.17) is 14.7 Å². The largest absolute Gasteiger partial charge is 0.377 e. The Morgan fingerprint density at radius 1 is 1.22 bits per heavy atom. The van der Waals surface area contributed by atoms with Crippen molar-refractivity contribution in [3.05, 3.63) is 53.9 Å². The van der Waals surface area contributed by atoms with E-state index in [1.165, 1.54) is 24.0 Å². The summed E-state index contributed by atoms with van der Waals surface area (Å²) in [5, 5.41) is 5.20. The lowest BCUT2D eigenvalue weighted by Crippen LogP contribution is -2.00. The third-order valence-electron chi connectivity index (χ3n) is 4.57. The van der Waals surface area contributed by atoms with Gasteiger partial charge in [-0.3, -0.25) is 0 Å². The molecule has 136 valence electrons. The zero-order chi connectivity index (χ0) is 18.2. The monoisotopic (exact) mass is 394 g/mol. The van der Waals surface area contributed by atoms with Gasteiger partial charge >= 0.3 is 0 Å². The van der Waals surface area contributed by atoms with Crippen molar-refractivity contribution in [2.45, 2.75) is 35.7 Å². The topological polar surface area (TPSA) is 52.8 Å². The molecule has 5 rings (SSSR count). The van der Waals surface area contributed by atoms with E-state index < -0.39 is 0 Å². The Morgan fingerprint density at radius 3 is 2.85 bits per heavy atom. The molecule has 0 spiro atoms. The Hall–Kier alpha value is -2.22. The molecule has 0 saturated heterocycles. The SMILES string of the molecule is COCc1nc(Sc2nccn2C2CC2)c2c(-c3ccccc3)csc2n1. The maximum atomic E-state index is 5.28. The van der Waals surface area contributed by atoms with Crippen LogP contribution in [-0.2, 0) is 11.3 Å². The molecule has 0 bridgehead atoms. The van der Waals surface area contributed by atoms with Gasteiger partial charge in [-0.2, -0.15) is 0 Å². The third kappa shape index (κ3) is 3.26. The van der Waals surface area contributed by atoms with E-state index in [9.17, 15) is 0 Å². The molecule has 4 aromatic rings. The predicted molar refractivity (Wildman–Crippen MR) is 108 cm³/mol. The van der Waals surface area contributed by atoms with E-state index in [0.717, 1.165) is 20.4 Å². The van der Waals surface area contributed by atoms with Crippen LogP contribution in [-0.4, -0.2) is 26.6 Å². The first-order valence-electron chi connectivity index (χ1n) is 8.86. The number of fused-ring (bicyclic) bond motifs is 1. The highest BCUT2D eigenvalue weighted by molar-refractivity contribution is 7.99. The molecule has 1 aliphatic carbocycles. The van der Waals surface area contributed by atoms with Gasteiger partial charge in [0.1, 0.15) is 16.5 Å². The summed E-state index contributed by atoms with van der Waals surface area (Å²) >= 11 is 3.28. The molecule has 1 fully saturated rings. The maximum Gasteiger partial charge on any atom is 0.174 e. The second kappa shape index (κ2) is 7.07. The summed E-state index contributed by atoms with van der Waals surface area (Å²) in [6.45, 7) is 0.402. The van der Waals surface area contributed by atoms with Gasteiger partial charge in [0, 0.05) is 36.5 Å². The zero-order valence-corrected chi connectivity index (χ0v) is 16.5. The van der Waals surface area contributed by atoms with E-state index in [-0.39, 0.29) is 0 Å².